The van der Waals surface area contributed by atoms with E-state index in [1.54, 1.807) is 0 Å². The van der Waals surface area contributed by atoms with Gasteiger partial charge in [0.1, 0.15) is 5.82 Å². The molecular formula is C25H29FN2. The average molecular weight is 377 g/mol. The third kappa shape index (κ3) is 5.28. The van der Waals surface area contributed by atoms with Gasteiger partial charge in [-0.1, -0.05) is 54.1 Å². The number of hydrogen-bond acceptors (Lipinski definition) is 2. The number of nitrogens with zero attached hydrogens (tertiary/aromatic N) is 1. The molecule has 0 unspecified atom stereocenters. The molecular weight excluding hydrogens is 347 g/mol. The quantitative estimate of drug-likeness (QED) is 0.597. The van der Waals surface area contributed by atoms with E-state index in [0.29, 0.717) is 6.54 Å². The number of rotatable bonds is 7. The lowest BCUT2D eigenvalue weighted by molar-refractivity contribution is 0.246. The topological polar surface area (TPSA) is 29.3 Å². The van der Waals surface area contributed by atoms with Crippen LogP contribution in [0.25, 0.3) is 0 Å². The zero-order valence-electron chi connectivity index (χ0n) is 17.0. The first-order valence-corrected chi connectivity index (χ1v) is 9.76. The fourth-order valence-corrected chi connectivity index (χ4v) is 3.74. The van der Waals surface area contributed by atoms with E-state index in [1.165, 1.54) is 39.9 Å². The highest BCUT2D eigenvalue weighted by Crippen LogP contribution is 2.21. The van der Waals surface area contributed by atoms with Crippen LogP contribution in [-0.4, -0.2) is 4.90 Å². The summed E-state index contributed by atoms with van der Waals surface area (Å²) in [5.74, 6) is -0.196. The van der Waals surface area contributed by atoms with Crippen LogP contribution < -0.4 is 5.73 Å². The molecule has 0 heterocycles. The molecule has 0 aliphatic heterocycles. The summed E-state index contributed by atoms with van der Waals surface area (Å²) in [6.45, 7) is 9.51. The van der Waals surface area contributed by atoms with Crippen molar-refractivity contribution in [2.45, 2.75) is 47.0 Å². The Morgan fingerprint density at radius 3 is 1.68 bits per heavy atom. The minimum atomic E-state index is -0.196. The second-order valence-electron chi connectivity index (χ2n) is 7.67. The Kier molecular flexibility index (Phi) is 6.61. The third-order valence-corrected chi connectivity index (χ3v) is 5.21. The first-order valence-electron chi connectivity index (χ1n) is 9.76. The molecule has 3 aromatic carbocycles. The average Bonchev–Trinajstić information content (AvgIpc) is 2.67. The number of nitrogens with two attached hydrogens (primary N) is 1. The van der Waals surface area contributed by atoms with E-state index >= 15 is 0 Å². The van der Waals surface area contributed by atoms with Crippen LogP contribution >= 0.6 is 0 Å². The maximum absolute atomic E-state index is 13.3. The monoisotopic (exact) mass is 376 g/mol. The van der Waals surface area contributed by atoms with Crippen LogP contribution in [0.2, 0.25) is 0 Å². The van der Waals surface area contributed by atoms with Gasteiger partial charge in [-0.25, -0.2) is 4.39 Å². The van der Waals surface area contributed by atoms with Crippen molar-refractivity contribution in [3.05, 3.63) is 105 Å². The highest BCUT2D eigenvalue weighted by Gasteiger charge is 2.12. The fourth-order valence-electron chi connectivity index (χ4n) is 3.74. The number of hydrogen-bond donors (Lipinski definition) is 1. The minimum Gasteiger partial charge on any atom is -0.326 e. The van der Waals surface area contributed by atoms with Gasteiger partial charge >= 0.3 is 0 Å². The molecule has 146 valence electrons. The van der Waals surface area contributed by atoms with Gasteiger partial charge in [-0.05, 0) is 66.3 Å². The fraction of sp³-hybridized carbons (Fsp3) is 0.280. The Bertz CT molecular complexity index is 891. The molecule has 0 radical (unpaired) electrons. The normalized spacial score (nSPS) is 11.2. The Hall–Kier alpha value is -2.49. The minimum absolute atomic E-state index is 0.196. The van der Waals surface area contributed by atoms with Crippen LogP contribution in [-0.2, 0) is 26.2 Å². The summed E-state index contributed by atoms with van der Waals surface area (Å²) in [7, 11) is 0. The predicted octanol–water partition coefficient (Wildman–Crippen LogP) is 5.41. The van der Waals surface area contributed by atoms with Crippen molar-refractivity contribution in [3.8, 4) is 0 Å². The van der Waals surface area contributed by atoms with Crippen molar-refractivity contribution in [1.82, 2.24) is 4.90 Å². The number of halogens is 1. The molecule has 0 fully saturated rings. The van der Waals surface area contributed by atoms with E-state index in [1.807, 2.05) is 12.1 Å². The first kappa shape index (κ1) is 20.2. The molecule has 3 heteroatoms. The summed E-state index contributed by atoms with van der Waals surface area (Å²) in [6, 6.07) is 19.8. The summed E-state index contributed by atoms with van der Waals surface area (Å²) in [5, 5.41) is 0. The lowest BCUT2D eigenvalue weighted by Crippen LogP contribution is -2.23. The van der Waals surface area contributed by atoms with Crippen molar-refractivity contribution in [3.63, 3.8) is 0 Å². The maximum atomic E-state index is 13.3. The Labute approximate surface area is 167 Å². The molecule has 3 rings (SSSR count). The highest BCUT2D eigenvalue weighted by atomic mass is 19.1. The van der Waals surface area contributed by atoms with E-state index in [4.69, 9.17) is 5.73 Å². The molecule has 2 nitrogen and oxygen atoms in total. The van der Waals surface area contributed by atoms with E-state index in [0.717, 1.165) is 30.8 Å². The van der Waals surface area contributed by atoms with Crippen molar-refractivity contribution in [1.29, 1.82) is 0 Å². The van der Waals surface area contributed by atoms with Crippen molar-refractivity contribution < 1.29 is 4.39 Å². The molecule has 0 bridgehead atoms. The van der Waals surface area contributed by atoms with Crippen LogP contribution in [0.15, 0.2) is 60.7 Å². The van der Waals surface area contributed by atoms with Gasteiger partial charge in [-0.3, -0.25) is 4.90 Å². The van der Waals surface area contributed by atoms with E-state index in [-0.39, 0.29) is 5.82 Å². The highest BCUT2D eigenvalue weighted by molar-refractivity contribution is 5.37. The van der Waals surface area contributed by atoms with Crippen molar-refractivity contribution in [2.75, 3.05) is 0 Å². The molecule has 0 amide bonds. The molecule has 28 heavy (non-hydrogen) atoms. The van der Waals surface area contributed by atoms with Gasteiger partial charge in [-0.15, -0.1) is 0 Å². The number of benzene rings is 3. The van der Waals surface area contributed by atoms with E-state index in [9.17, 15) is 4.39 Å². The van der Waals surface area contributed by atoms with Crippen LogP contribution in [0.5, 0.6) is 0 Å². The lowest BCUT2D eigenvalue weighted by atomic mass is 9.99. The van der Waals surface area contributed by atoms with Crippen molar-refractivity contribution >= 4 is 0 Å². The second kappa shape index (κ2) is 9.13. The summed E-state index contributed by atoms with van der Waals surface area (Å²) >= 11 is 0. The molecule has 0 spiro atoms. The maximum Gasteiger partial charge on any atom is 0.123 e. The Morgan fingerprint density at radius 2 is 1.18 bits per heavy atom. The lowest BCUT2D eigenvalue weighted by Gasteiger charge is -2.25. The molecule has 0 aromatic heterocycles. The largest absolute Gasteiger partial charge is 0.326 e. The number of aryl methyl sites for hydroxylation is 3. The van der Waals surface area contributed by atoms with Gasteiger partial charge in [0.05, 0.1) is 0 Å². The van der Waals surface area contributed by atoms with Crippen LogP contribution in [0.3, 0.4) is 0 Å². The summed E-state index contributed by atoms with van der Waals surface area (Å²) in [4.78, 5) is 2.41. The third-order valence-electron chi connectivity index (χ3n) is 5.21. The van der Waals surface area contributed by atoms with Gasteiger partial charge in [0.2, 0.25) is 0 Å². The summed E-state index contributed by atoms with van der Waals surface area (Å²) in [5.41, 5.74) is 14.5. The zero-order chi connectivity index (χ0) is 20.1. The molecule has 0 aliphatic carbocycles. The zero-order valence-corrected chi connectivity index (χ0v) is 17.0. The molecule has 0 aliphatic rings. The molecule has 3 aromatic rings. The second-order valence-corrected chi connectivity index (χ2v) is 7.67. The van der Waals surface area contributed by atoms with Crippen LogP contribution in [0, 0.1) is 26.6 Å². The van der Waals surface area contributed by atoms with Gasteiger partial charge in [-0.2, -0.15) is 0 Å². The van der Waals surface area contributed by atoms with Crippen molar-refractivity contribution in [2.24, 2.45) is 5.73 Å². The molecule has 0 saturated heterocycles. The van der Waals surface area contributed by atoms with E-state index in [2.05, 4.69) is 62.1 Å². The van der Waals surface area contributed by atoms with Crippen LogP contribution in [0.1, 0.15) is 38.9 Å². The van der Waals surface area contributed by atoms with Gasteiger partial charge in [0, 0.05) is 26.2 Å². The summed E-state index contributed by atoms with van der Waals surface area (Å²) in [6.07, 6.45) is 0. The van der Waals surface area contributed by atoms with Gasteiger partial charge in [0.15, 0.2) is 0 Å². The SMILES string of the molecule is Cc1cc(C)c(CN(Cc2ccc(F)cc2)Cc2ccc(CN)cc2)c(C)c1. The van der Waals surface area contributed by atoms with Gasteiger partial charge < -0.3 is 5.73 Å². The molecule has 2 N–H and O–H groups in total. The Balaban J connectivity index is 1.85. The van der Waals surface area contributed by atoms with E-state index < -0.39 is 0 Å². The standard InChI is InChI=1S/C25H29FN2/c1-18-12-19(2)25(20(3)13-18)17-28(16-23-8-10-24(26)11-9-23)15-22-6-4-21(14-27)5-7-22/h4-13H,14-17,27H2,1-3H3. The predicted molar refractivity (Wildman–Crippen MR) is 114 cm³/mol. The smallest absolute Gasteiger partial charge is 0.123 e. The Morgan fingerprint density at radius 1 is 0.714 bits per heavy atom. The summed E-state index contributed by atoms with van der Waals surface area (Å²) < 4.78 is 13.3. The van der Waals surface area contributed by atoms with Crippen LogP contribution in [0.4, 0.5) is 4.39 Å². The first-order chi connectivity index (χ1) is 13.4. The molecule has 0 saturated carbocycles. The molecule has 0 atom stereocenters. The van der Waals surface area contributed by atoms with Gasteiger partial charge in [0.25, 0.3) is 0 Å².